The van der Waals surface area contributed by atoms with Crippen LogP contribution < -0.4 is 15.4 Å². The van der Waals surface area contributed by atoms with E-state index in [4.69, 9.17) is 10.00 Å². The minimum absolute atomic E-state index is 0.0674. The SMILES string of the molecule is CC(C)Oc1cccc(NC(=O)Nc2cccc(C#N)c2)c1. The first kappa shape index (κ1) is 15.4. The minimum atomic E-state index is -0.378. The molecule has 0 aromatic heterocycles. The number of benzene rings is 2. The van der Waals surface area contributed by atoms with Gasteiger partial charge in [-0.05, 0) is 44.2 Å². The normalized spacial score (nSPS) is 9.91. The zero-order chi connectivity index (χ0) is 15.9. The van der Waals surface area contributed by atoms with Gasteiger partial charge in [-0.2, -0.15) is 5.26 Å². The van der Waals surface area contributed by atoms with Gasteiger partial charge in [0.05, 0.1) is 17.7 Å². The van der Waals surface area contributed by atoms with Crippen LogP contribution in [0.5, 0.6) is 5.75 Å². The van der Waals surface area contributed by atoms with Gasteiger partial charge in [-0.25, -0.2) is 4.79 Å². The Morgan fingerprint density at radius 3 is 2.36 bits per heavy atom. The molecule has 0 aliphatic carbocycles. The molecule has 0 fully saturated rings. The number of nitrogens with one attached hydrogen (secondary N) is 2. The Labute approximate surface area is 129 Å². The molecule has 0 aliphatic rings. The smallest absolute Gasteiger partial charge is 0.323 e. The Kier molecular flexibility index (Phi) is 4.99. The third-order valence-electron chi connectivity index (χ3n) is 2.71. The van der Waals surface area contributed by atoms with Crippen LogP contribution in [0.1, 0.15) is 19.4 Å². The molecular weight excluding hydrogens is 278 g/mol. The van der Waals surface area contributed by atoms with E-state index in [0.29, 0.717) is 22.7 Å². The van der Waals surface area contributed by atoms with Gasteiger partial charge in [0.15, 0.2) is 0 Å². The highest BCUT2D eigenvalue weighted by atomic mass is 16.5. The number of nitriles is 1. The molecule has 0 heterocycles. The second kappa shape index (κ2) is 7.14. The van der Waals surface area contributed by atoms with Crippen molar-refractivity contribution < 1.29 is 9.53 Å². The number of carbonyl (C=O) groups excluding carboxylic acids is 1. The molecule has 0 bridgehead atoms. The van der Waals surface area contributed by atoms with Gasteiger partial charge in [0, 0.05) is 17.4 Å². The molecule has 2 rings (SSSR count). The predicted octanol–water partition coefficient (Wildman–Crippen LogP) is 3.99. The lowest BCUT2D eigenvalue weighted by Gasteiger charge is -2.12. The number of hydrogen-bond acceptors (Lipinski definition) is 3. The number of ether oxygens (including phenoxy) is 1. The lowest BCUT2D eigenvalue weighted by Crippen LogP contribution is -2.19. The summed E-state index contributed by atoms with van der Waals surface area (Å²) in [7, 11) is 0. The van der Waals surface area contributed by atoms with Gasteiger partial charge in [0.2, 0.25) is 0 Å². The maximum atomic E-state index is 12.0. The van der Waals surface area contributed by atoms with Crippen molar-refractivity contribution in [3.05, 3.63) is 54.1 Å². The molecule has 0 unspecified atom stereocenters. The zero-order valence-electron chi connectivity index (χ0n) is 12.5. The van der Waals surface area contributed by atoms with Crippen LogP contribution in [0.3, 0.4) is 0 Å². The van der Waals surface area contributed by atoms with Crippen molar-refractivity contribution in [1.29, 1.82) is 5.26 Å². The molecule has 2 aromatic rings. The van der Waals surface area contributed by atoms with Gasteiger partial charge in [-0.1, -0.05) is 12.1 Å². The molecule has 0 spiro atoms. The highest BCUT2D eigenvalue weighted by molar-refractivity contribution is 5.99. The fourth-order valence-electron chi connectivity index (χ4n) is 1.88. The summed E-state index contributed by atoms with van der Waals surface area (Å²) in [5.41, 5.74) is 1.68. The lowest BCUT2D eigenvalue weighted by molar-refractivity contribution is 0.242. The van der Waals surface area contributed by atoms with E-state index in [1.807, 2.05) is 32.0 Å². The maximum Gasteiger partial charge on any atom is 0.323 e. The van der Waals surface area contributed by atoms with Gasteiger partial charge >= 0.3 is 6.03 Å². The van der Waals surface area contributed by atoms with E-state index >= 15 is 0 Å². The average molecular weight is 295 g/mol. The van der Waals surface area contributed by atoms with E-state index in [0.717, 1.165) is 0 Å². The van der Waals surface area contributed by atoms with Crippen LogP contribution in [0.2, 0.25) is 0 Å². The molecule has 5 nitrogen and oxygen atoms in total. The second-order valence-electron chi connectivity index (χ2n) is 4.97. The molecule has 0 radical (unpaired) electrons. The van der Waals surface area contributed by atoms with Crippen molar-refractivity contribution in [2.75, 3.05) is 10.6 Å². The fraction of sp³-hybridized carbons (Fsp3) is 0.176. The van der Waals surface area contributed by atoms with Crippen molar-refractivity contribution in [3.63, 3.8) is 0 Å². The van der Waals surface area contributed by atoms with Crippen molar-refractivity contribution >= 4 is 17.4 Å². The summed E-state index contributed by atoms with van der Waals surface area (Å²) in [6, 6.07) is 15.5. The number of rotatable bonds is 4. The highest BCUT2D eigenvalue weighted by Crippen LogP contribution is 2.19. The predicted molar refractivity (Wildman–Crippen MR) is 86.0 cm³/mol. The van der Waals surface area contributed by atoms with Crippen molar-refractivity contribution in [2.24, 2.45) is 0 Å². The Morgan fingerprint density at radius 2 is 1.73 bits per heavy atom. The first-order chi connectivity index (χ1) is 10.6. The fourth-order valence-corrected chi connectivity index (χ4v) is 1.88. The summed E-state index contributed by atoms with van der Waals surface area (Å²) in [5.74, 6) is 0.694. The Bertz CT molecular complexity index is 705. The number of urea groups is 1. The van der Waals surface area contributed by atoms with E-state index in [2.05, 4.69) is 10.6 Å². The molecule has 22 heavy (non-hydrogen) atoms. The number of amides is 2. The number of carbonyl (C=O) groups is 1. The van der Waals surface area contributed by atoms with Crippen LogP contribution in [0.15, 0.2) is 48.5 Å². The van der Waals surface area contributed by atoms with Crippen LogP contribution in [0, 0.1) is 11.3 Å². The Hall–Kier alpha value is -3.00. The molecule has 0 saturated carbocycles. The largest absolute Gasteiger partial charge is 0.491 e. The summed E-state index contributed by atoms with van der Waals surface area (Å²) in [6.45, 7) is 3.88. The van der Waals surface area contributed by atoms with Crippen LogP contribution in [0.4, 0.5) is 16.2 Å². The summed E-state index contributed by atoms with van der Waals surface area (Å²) in [5, 5.41) is 14.3. The first-order valence-corrected chi connectivity index (χ1v) is 6.91. The molecule has 112 valence electrons. The molecule has 0 saturated heterocycles. The van der Waals surface area contributed by atoms with Crippen LogP contribution in [-0.2, 0) is 0 Å². The van der Waals surface area contributed by atoms with Gasteiger partial charge in [0.1, 0.15) is 5.75 Å². The number of hydrogen-bond donors (Lipinski definition) is 2. The van der Waals surface area contributed by atoms with Gasteiger partial charge in [-0.15, -0.1) is 0 Å². The van der Waals surface area contributed by atoms with Gasteiger partial charge < -0.3 is 15.4 Å². The summed E-state index contributed by atoms with van der Waals surface area (Å²) in [6.07, 6.45) is 0.0674. The van der Waals surface area contributed by atoms with Crippen LogP contribution in [0.25, 0.3) is 0 Å². The van der Waals surface area contributed by atoms with Gasteiger partial charge in [-0.3, -0.25) is 0 Å². The van der Waals surface area contributed by atoms with E-state index < -0.39 is 0 Å². The third kappa shape index (κ3) is 4.53. The average Bonchev–Trinajstić information content (AvgIpc) is 2.47. The maximum absolute atomic E-state index is 12.0. The molecule has 2 aromatic carbocycles. The molecule has 0 aliphatic heterocycles. The molecular formula is C17H17N3O2. The third-order valence-corrected chi connectivity index (χ3v) is 2.71. The standard InChI is InChI=1S/C17H17N3O2/c1-12(2)22-16-8-4-7-15(10-16)20-17(21)19-14-6-3-5-13(9-14)11-18/h3-10,12H,1-2H3,(H2,19,20,21). The number of anilines is 2. The van der Waals surface area contributed by atoms with E-state index in [-0.39, 0.29) is 12.1 Å². The molecule has 2 amide bonds. The summed E-state index contributed by atoms with van der Waals surface area (Å²) in [4.78, 5) is 12.0. The van der Waals surface area contributed by atoms with E-state index in [1.54, 1.807) is 36.4 Å². The zero-order valence-corrected chi connectivity index (χ0v) is 12.5. The van der Waals surface area contributed by atoms with Crippen molar-refractivity contribution in [2.45, 2.75) is 20.0 Å². The van der Waals surface area contributed by atoms with Crippen LogP contribution >= 0.6 is 0 Å². The van der Waals surface area contributed by atoms with Crippen LogP contribution in [-0.4, -0.2) is 12.1 Å². The van der Waals surface area contributed by atoms with E-state index in [9.17, 15) is 4.79 Å². The van der Waals surface area contributed by atoms with Gasteiger partial charge in [0.25, 0.3) is 0 Å². The summed E-state index contributed by atoms with van der Waals surface area (Å²) < 4.78 is 5.58. The quantitative estimate of drug-likeness (QED) is 0.895. The molecule has 0 atom stereocenters. The highest BCUT2D eigenvalue weighted by Gasteiger charge is 2.05. The lowest BCUT2D eigenvalue weighted by atomic mass is 10.2. The van der Waals surface area contributed by atoms with Crippen molar-refractivity contribution in [3.8, 4) is 11.8 Å². The Morgan fingerprint density at radius 1 is 1.09 bits per heavy atom. The number of nitrogens with zero attached hydrogens (tertiary/aromatic N) is 1. The monoisotopic (exact) mass is 295 g/mol. The van der Waals surface area contributed by atoms with E-state index in [1.165, 1.54) is 0 Å². The van der Waals surface area contributed by atoms with Crippen molar-refractivity contribution in [1.82, 2.24) is 0 Å². The first-order valence-electron chi connectivity index (χ1n) is 6.91. The summed E-state index contributed by atoms with van der Waals surface area (Å²) >= 11 is 0. The Balaban J connectivity index is 2.01. The topological polar surface area (TPSA) is 74.2 Å². The minimum Gasteiger partial charge on any atom is -0.491 e. The molecule has 5 heteroatoms. The second-order valence-corrected chi connectivity index (χ2v) is 4.97. The molecule has 2 N–H and O–H groups in total.